The predicted molar refractivity (Wildman–Crippen MR) is 74.3 cm³/mol. The standard InChI is InChI=1S/C16H25N/c1-3-5-11-15(17-4-2)16(12-13-16)14-9-7-6-8-10-14/h6-10,15,17H,3-5,11-13H2,1-2H3. The van der Waals surface area contributed by atoms with Crippen molar-refractivity contribution >= 4 is 0 Å². The smallest absolute Gasteiger partial charge is 0.0164 e. The van der Waals surface area contributed by atoms with Gasteiger partial charge in [0.05, 0.1) is 0 Å². The molecule has 0 heterocycles. The van der Waals surface area contributed by atoms with Gasteiger partial charge in [-0.2, -0.15) is 0 Å². The Kier molecular flexibility index (Phi) is 4.22. The Balaban J connectivity index is 2.11. The van der Waals surface area contributed by atoms with Gasteiger partial charge in [-0.25, -0.2) is 0 Å². The summed E-state index contributed by atoms with van der Waals surface area (Å²) in [5.41, 5.74) is 1.99. The van der Waals surface area contributed by atoms with Crippen molar-refractivity contribution in [2.24, 2.45) is 0 Å². The number of hydrogen-bond donors (Lipinski definition) is 1. The van der Waals surface area contributed by atoms with Crippen molar-refractivity contribution in [3.63, 3.8) is 0 Å². The summed E-state index contributed by atoms with van der Waals surface area (Å²) in [6, 6.07) is 11.8. The van der Waals surface area contributed by atoms with Gasteiger partial charge >= 0.3 is 0 Å². The van der Waals surface area contributed by atoms with E-state index in [-0.39, 0.29) is 0 Å². The van der Waals surface area contributed by atoms with E-state index in [0.29, 0.717) is 11.5 Å². The van der Waals surface area contributed by atoms with Crippen molar-refractivity contribution in [1.29, 1.82) is 0 Å². The second-order valence-electron chi connectivity index (χ2n) is 5.27. The minimum absolute atomic E-state index is 0.451. The van der Waals surface area contributed by atoms with Crippen LogP contribution < -0.4 is 5.32 Å². The summed E-state index contributed by atoms with van der Waals surface area (Å²) in [5, 5.41) is 3.72. The third-order valence-corrected chi connectivity index (χ3v) is 4.10. The van der Waals surface area contributed by atoms with Gasteiger partial charge in [-0.3, -0.25) is 0 Å². The fourth-order valence-corrected chi connectivity index (χ4v) is 2.97. The highest BCUT2D eigenvalue weighted by Crippen LogP contribution is 2.52. The Morgan fingerprint density at radius 2 is 1.88 bits per heavy atom. The van der Waals surface area contributed by atoms with Gasteiger partial charge in [0.15, 0.2) is 0 Å². The number of nitrogens with one attached hydrogen (secondary N) is 1. The normalized spacial score (nSPS) is 18.9. The highest BCUT2D eigenvalue weighted by atomic mass is 14.9. The maximum absolute atomic E-state index is 3.72. The predicted octanol–water partition coefficient (Wildman–Crippen LogP) is 3.89. The molecule has 0 bridgehead atoms. The molecular formula is C16H25N. The molecule has 2 rings (SSSR count). The van der Waals surface area contributed by atoms with Crippen LogP contribution in [0.15, 0.2) is 30.3 Å². The van der Waals surface area contributed by atoms with E-state index in [1.54, 1.807) is 5.56 Å². The summed E-state index contributed by atoms with van der Waals surface area (Å²) in [6.07, 6.45) is 6.68. The fourth-order valence-electron chi connectivity index (χ4n) is 2.97. The first-order valence-corrected chi connectivity index (χ1v) is 7.12. The molecule has 1 fully saturated rings. The molecule has 1 aliphatic rings. The molecule has 0 aliphatic heterocycles. The van der Waals surface area contributed by atoms with E-state index in [2.05, 4.69) is 49.5 Å². The topological polar surface area (TPSA) is 12.0 Å². The quantitative estimate of drug-likeness (QED) is 0.751. The summed E-state index contributed by atoms with van der Waals surface area (Å²) in [6.45, 7) is 5.59. The van der Waals surface area contributed by atoms with Crippen LogP contribution in [-0.2, 0) is 5.41 Å². The van der Waals surface area contributed by atoms with Crippen LogP contribution in [-0.4, -0.2) is 12.6 Å². The summed E-state index contributed by atoms with van der Waals surface area (Å²) in [7, 11) is 0. The zero-order chi connectivity index (χ0) is 12.1. The molecule has 0 spiro atoms. The van der Waals surface area contributed by atoms with E-state index < -0.39 is 0 Å². The molecule has 0 aromatic heterocycles. The second-order valence-corrected chi connectivity index (χ2v) is 5.27. The molecule has 1 heteroatoms. The van der Waals surface area contributed by atoms with Crippen molar-refractivity contribution < 1.29 is 0 Å². The van der Waals surface area contributed by atoms with E-state index in [1.807, 2.05) is 0 Å². The van der Waals surface area contributed by atoms with Crippen LogP contribution in [0.1, 0.15) is 51.5 Å². The number of hydrogen-bond acceptors (Lipinski definition) is 1. The van der Waals surface area contributed by atoms with Gasteiger partial charge in [0.1, 0.15) is 0 Å². The van der Waals surface area contributed by atoms with E-state index in [9.17, 15) is 0 Å². The average molecular weight is 231 g/mol. The molecule has 0 radical (unpaired) electrons. The first-order chi connectivity index (χ1) is 8.33. The molecule has 1 N–H and O–H groups in total. The number of rotatable bonds is 7. The van der Waals surface area contributed by atoms with E-state index in [4.69, 9.17) is 0 Å². The van der Waals surface area contributed by atoms with Crippen LogP contribution in [0.5, 0.6) is 0 Å². The molecule has 1 aliphatic carbocycles. The van der Waals surface area contributed by atoms with Crippen molar-refractivity contribution in [2.45, 2.75) is 57.4 Å². The van der Waals surface area contributed by atoms with Crippen LogP contribution in [0, 0.1) is 0 Å². The Bertz CT molecular complexity index is 327. The number of benzene rings is 1. The van der Waals surface area contributed by atoms with Gasteiger partial charge in [-0.05, 0) is 31.4 Å². The molecule has 1 aromatic rings. The Morgan fingerprint density at radius 1 is 1.18 bits per heavy atom. The number of unbranched alkanes of at least 4 members (excludes halogenated alkanes) is 1. The van der Waals surface area contributed by atoms with Crippen molar-refractivity contribution in [3.05, 3.63) is 35.9 Å². The summed E-state index contributed by atoms with van der Waals surface area (Å²) >= 11 is 0. The average Bonchev–Trinajstić information content (AvgIpc) is 3.17. The minimum Gasteiger partial charge on any atom is -0.313 e. The van der Waals surface area contributed by atoms with Crippen LogP contribution in [0.25, 0.3) is 0 Å². The zero-order valence-corrected chi connectivity index (χ0v) is 11.2. The lowest BCUT2D eigenvalue weighted by atomic mass is 9.85. The molecular weight excluding hydrogens is 206 g/mol. The lowest BCUT2D eigenvalue weighted by Gasteiger charge is -2.28. The third-order valence-electron chi connectivity index (χ3n) is 4.10. The maximum Gasteiger partial charge on any atom is 0.0164 e. The molecule has 0 amide bonds. The lowest BCUT2D eigenvalue weighted by molar-refractivity contribution is 0.389. The largest absolute Gasteiger partial charge is 0.313 e. The second kappa shape index (κ2) is 5.68. The van der Waals surface area contributed by atoms with Crippen LogP contribution in [0.4, 0.5) is 0 Å². The Morgan fingerprint density at radius 3 is 2.41 bits per heavy atom. The SMILES string of the molecule is CCCCC(NCC)C1(c2ccccc2)CC1. The highest BCUT2D eigenvalue weighted by molar-refractivity contribution is 5.33. The summed E-state index contributed by atoms with van der Waals surface area (Å²) in [5.74, 6) is 0. The molecule has 1 atom stereocenters. The van der Waals surface area contributed by atoms with Crippen molar-refractivity contribution in [3.8, 4) is 0 Å². The van der Waals surface area contributed by atoms with Gasteiger partial charge in [-0.15, -0.1) is 0 Å². The first-order valence-electron chi connectivity index (χ1n) is 7.12. The van der Waals surface area contributed by atoms with E-state index in [0.717, 1.165) is 6.54 Å². The van der Waals surface area contributed by atoms with Crippen LogP contribution in [0.3, 0.4) is 0 Å². The highest BCUT2D eigenvalue weighted by Gasteiger charge is 2.49. The summed E-state index contributed by atoms with van der Waals surface area (Å²) < 4.78 is 0. The molecule has 1 aromatic carbocycles. The molecule has 1 unspecified atom stereocenters. The van der Waals surface area contributed by atoms with Gasteiger partial charge in [0.2, 0.25) is 0 Å². The monoisotopic (exact) mass is 231 g/mol. The molecule has 0 saturated heterocycles. The number of likely N-dealkylation sites (N-methyl/N-ethyl adjacent to an activating group) is 1. The zero-order valence-electron chi connectivity index (χ0n) is 11.2. The minimum atomic E-state index is 0.451. The van der Waals surface area contributed by atoms with E-state index in [1.165, 1.54) is 32.1 Å². The molecule has 1 nitrogen and oxygen atoms in total. The third kappa shape index (κ3) is 2.71. The molecule has 1 saturated carbocycles. The Hall–Kier alpha value is -0.820. The van der Waals surface area contributed by atoms with Crippen molar-refractivity contribution in [1.82, 2.24) is 5.32 Å². The van der Waals surface area contributed by atoms with Gasteiger partial charge < -0.3 is 5.32 Å². The first kappa shape index (κ1) is 12.6. The van der Waals surface area contributed by atoms with Gasteiger partial charge in [0.25, 0.3) is 0 Å². The molecule has 94 valence electrons. The fraction of sp³-hybridized carbons (Fsp3) is 0.625. The molecule has 17 heavy (non-hydrogen) atoms. The van der Waals surface area contributed by atoms with Crippen LogP contribution in [0.2, 0.25) is 0 Å². The summed E-state index contributed by atoms with van der Waals surface area (Å²) in [4.78, 5) is 0. The van der Waals surface area contributed by atoms with Crippen molar-refractivity contribution in [2.75, 3.05) is 6.54 Å². The lowest BCUT2D eigenvalue weighted by Crippen LogP contribution is -2.40. The van der Waals surface area contributed by atoms with Gasteiger partial charge in [-0.1, -0.05) is 57.0 Å². The van der Waals surface area contributed by atoms with E-state index >= 15 is 0 Å². The van der Waals surface area contributed by atoms with Gasteiger partial charge in [0, 0.05) is 11.5 Å². The maximum atomic E-state index is 3.72. The Labute approximate surface area is 106 Å². The van der Waals surface area contributed by atoms with Crippen LogP contribution >= 0.6 is 0 Å².